The normalized spacial score (nSPS) is 11.4. The van der Waals surface area contributed by atoms with Crippen molar-refractivity contribution in [3.63, 3.8) is 0 Å². The highest BCUT2D eigenvalue weighted by Gasteiger charge is 2.32. The molecule has 0 radical (unpaired) electrons. The Morgan fingerprint density at radius 2 is 2.14 bits per heavy atom. The van der Waals surface area contributed by atoms with E-state index in [1.165, 1.54) is 6.20 Å². The molecule has 0 saturated carbocycles. The van der Waals surface area contributed by atoms with Crippen molar-refractivity contribution in [1.82, 2.24) is 4.98 Å². The molecule has 0 fully saturated rings. The van der Waals surface area contributed by atoms with Crippen LogP contribution in [0.5, 0.6) is 0 Å². The van der Waals surface area contributed by atoms with Crippen molar-refractivity contribution < 1.29 is 9.90 Å². The number of hydrogen-bond acceptors (Lipinski definition) is 2. The first-order chi connectivity index (χ1) is 6.35. The monoisotopic (exact) mass is 213 g/mol. The van der Waals surface area contributed by atoms with Gasteiger partial charge in [0, 0.05) is 6.20 Å². The lowest BCUT2D eigenvalue weighted by Crippen LogP contribution is -2.30. The molecular formula is C10H12ClNO2. The van der Waals surface area contributed by atoms with E-state index in [1.54, 1.807) is 26.8 Å². The molecule has 1 rings (SSSR count). The summed E-state index contributed by atoms with van der Waals surface area (Å²) < 4.78 is 0. The van der Waals surface area contributed by atoms with E-state index in [2.05, 4.69) is 4.98 Å². The number of carbonyl (C=O) groups is 1. The number of carboxylic acid groups (broad SMARTS) is 1. The topological polar surface area (TPSA) is 50.2 Å². The van der Waals surface area contributed by atoms with Gasteiger partial charge in [0.05, 0.1) is 10.7 Å². The fraction of sp³-hybridized carbons (Fsp3) is 0.400. The number of hydrogen-bond donors (Lipinski definition) is 1. The van der Waals surface area contributed by atoms with Crippen molar-refractivity contribution in [3.05, 3.63) is 28.5 Å². The van der Waals surface area contributed by atoms with E-state index in [4.69, 9.17) is 16.7 Å². The largest absolute Gasteiger partial charge is 0.481 e. The molecule has 0 amide bonds. The van der Waals surface area contributed by atoms with Crippen LogP contribution in [0, 0.1) is 6.92 Å². The van der Waals surface area contributed by atoms with Crippen molar-refractivity contribution in [1.29, 1.82) is 0 Å². The SMILES string of the molecule is Cc1cc(Cl)cnc1C(C)(C)C(=O)O. The van der Waals surface area contributed by atoms with Crippen LogP contribution < -0.4 is 0 Å². The molecule has 1 heterocycles. The Morgan fingerprint density at radius 1 is 1.57 bits per heavy atom. The maximum atomic E-state index is 11.0. The standard InChI is InChI=1S/C10H12ClNO2/c1-6-4-7(11)5-12-8(6)10(2,3)9(13)14/h4-5H,1-3H3,(H,13,14). The molecule has 0 aromatic carbocycles. The molecule has 0 atom stereocenters. The van der Waals surface area contributed by atoms with Gasteiger partial charge in [0.2, 0.25) is 0 Å². The van der Waals surface area contributed by atoms with E-state index >= 15 is 0 Å². The molecule has 14 heavy (non-hydrogen) atoms. The van der Waals surface area contributed by atoms with E-state index in [1.807, 2.05) is 0 Å². The quantitative estimate of drug-likeness (QED) is 0.821. The lowest BCUT2D eigenvalue weighted by atomic mass is 9.86. The van der Waals surface area contributed by atoms with E-state index in [-0.39, 0.29) is 0 Å². The average molecular weight is 214 g/mol. The van der Waals surface area contributed by atoms with Gasteiger partial charge in [-0.1, -0.05) is 11.6 Å². The summed E-state index contributed by atoms with van der Waals surface area (Å²) in [5.74, 6) is -0.893. The minimum absolute atomic E-state index is 0.521. The second kappa shape index (κ2) is 3.58. The van der Waals surface area contributed by atoms with Crippen LogP contribution in [0.4, 0.5) is 0 Å². The first-order valence-corrected chi connectivity index (χ1v) is 4.59. The van der Waals surface area contributed by atoms with Crippen molar-refractivity contribution >= 4 is 17.6 Å². The molecule has 1 aromatic rings. The summed E-state index contributed by atoms with van der Waals surface area (Å²) >= 11 is 5.74. The lowest BCUT2D eigenvalue weighted by Gasteiger charge is -2.20. The van der Waals surface area contributed by atoms with E-state index in [0.717, 1.165) is 5.56 Å². The summed E-state index contributed by atoms with van der Waals surface area (Å²) in [4.78, 5) is 15.0. The number of halogens is 1. The maximum Gasteiger partial charge on any atom is 0.315 e. The highest BCUT2D eigenvalue weighted by atomic mass is 35.5. The minimum Gasteiger partial charge on any atom is -0.481 e. The third-order valence-corrected chi connectivity index (χ3v) is 2.38. The van der Waals surface area contributed by atoms with Crippen LogP contribution in [0.3, 0.4) is 0 Å². The maximum absolute atomic E-state index is 11.0. The molecule has 1 aromatic heterocycles. The lowest BCUT2D eigenvalue weighted by molar-refractivity contribution is -0.142. The van der Waals surface area contributed by atoms with Crippen LogP contribution in [-0.4, -0.2) is 16.1 Å². The van der Waals surface area contributed by atoms with E-state index < -0.39 is 11.4 Å². The van der Waals surface area contributed by atoms with Crippen LogP contribution in [0.25, 0.3) is 0 Å². The van der Waals surface area contributed by atoms with E-state index in [9.17, 15) is 4.79 Å². The molecule has 0 saturated heterocycles. The molecule has 0 aliphatic carbocycles. The summed E-state index contributed by atoms with van der Waals surface area (Å²) in [6, 6.07) is 1.72. The zero-order valence-electron chi connectivity index (χ0n) is 8.34. The molecule has 76 valence electrons. The Labute approximate surface area is 87.7 Å². The summed E-state index contributed by atoms with van der Waals surface area (Å²) in [6.07, 6.45) is 1.47. The van der Waals surface area contributed by atoms with Crippen LogP contribution in [0.15, 0.2) is 12.3 Å². The second-order valence-electron chi connectivity index (χ2n) is 3.75. The fourth-order valence-electron chi connectivity index (χ4n) is 1.30. The van der Waals surface area contributed by atoms with Gasteiger partial charge in [-0.2, -0.15) is 0 Å². The van der Waals surface area contributed by atoms with Gasteiger partial charge in [-0.15, -0.1) is 0 Å². The number of rotatable bonds is 2. The van der Waals surface area contributed by atoms with Gasteiger partial charge >= 0.3 is 5.97 Å². The number of aryl methyl sites for hydroxylation is 1. The number of nitrogens with zero attached hydrogens (tertiary/aromatic N) is 1. The molecule has 0 unspecified atom stereocenters. The van der Waals surface area contributed by atoms with Gasteiger partial charge in [0.25, 0.3) is 0 Å². The van der Waals surface area contributed by atoms with Crippen LogP contribution >= 0.6 is 11.6 Å². The second-order valence-corrected chi connectivity index (χ2v) is 4.19. The van der Waals surface area contributed by atoms with Gasteiger partial charge < -0.3 is 5.11 Å². The highest BCUT2D eigenvalue weighted by Crippen LogP contribution is 2.25. The van der Waals surface area contributed by atoms with Crippen molar-refractivity contribution in [2.75, 3.05) is 0 Å². The molecule has 3 nitrogen and oxygen atoms in total. The molecule has 4 heteroatoms. The van der Waals surface area contributed by atoms with Gasteiger partial charge in [-0.05, 0) is 32.4 Å². The summed E-state index contributed by atoms with van der Waals surface area (Å²) in [5, 5.41) is 9.54. The van der Waals surface area contributed by atoms with Crippen molar-refractivity contribution in [2.24, 2.45) is 0 Å². The van der Waals surface area contributed by atoms with Gasteiger partial charge in [0.1, 0.15) is 5.41 Å². The van der Waals surface area contributed by atoms with Gasteiger partial charge in [0.15, 0.2) is 0 Å². The Morgan fingerprint density at radius 3 is 2.57 bits per heavy atom. The van der Waals surface area contributed by atoms with Crippen LogP contribution in [-0.2, 0) is 10.2 Å². The first-order valence-electron chi connectivity index (χ1n) is 4.21. The molecule has 0 aliphatic rings. The fourth-order valence-corrected chi connectivity index (χ4v) is 1.51. The zero-order chi connectivity index (χ0) is 10.9. The summed E-state index contributed by atoms with van der Waals surface area (Å²) in [5.41, 5.74) is 0.369. The molecule has 0 aliphatic heterocycles. The predicted molar refractivity (Wildman–Crippen MR) is 54.6 cm³/mol. The Kier molecular flexibility index (Phi) is 2.81. The number of aliphatic carboxylic acids is 1. The summed E-state index contributed by atoms with van der Waals surface area (Å²) in [7, 11) is 0. The van der Waals surface area contributed by atoms with E-state index in [0.29, 0.717) is 10.7 Å². The zero-order valence-corrected chi connectivity index (χ0v) is 9.09. The summed E-state index contributed by atoms with van der Waals surface area (Å²) in [6.45, 7) is 5.05. The molecule has 1 N–H and O–H groups in total. The molecule has 0 spiro atoms. The van der Waals surface area contributed by atoms with Crippen molar-refractivity contribution in [2.45, 2.75) is 26.2 Å². The predicted octanol–water partition coefficient (Wildman–Crippen LogP) is 2.41. The molecule has 0 bridgehead atoms. The average Bonchev–Trinajstić information content (AvgIpc) is 2.02. The van der Waals surface area contributed by atoms with Gasteiger partial charge in [-0.3, -0.25) is 9.78 Å². The molecular weight excluding hydrogens is 202 g/mol. The minimum atomic E-state index is -0.978. The van der Waals surface area contributed by atoms with Crippen LogP contribution in [0.1, 0.15) is 25.1 Å². The third-order valence-electron chi connectivity index (χ3n) is 2.17. The smallest absolute Gasteiger partial charge is 0.315 e. The Balaban J connectivity index is 3.26. The van der Waals surface area contributed by atoms with Gasteiger partial charge in [-0.25, -0.2) is 0 Å². The number of pyridine rings is 1. The van der Waals surface area contributed by atoms with Crippen molar-refractivity contribution in [3.8, 4) is 0 Å². The Bertz CT molecular complexity index is 374. The number of aromatic nitrogens is 1. The number of carboxylic acids is 1. The third kappa shape index (κ3) is 1.87. The van der Waals surface area contributed by atoms with Crippen LogP contribution in [0.2, 0.25) is 5.02 Å². The first kappa shape index (κ1) is 11.0. The Hall–Kier alpha value is -1.09. The highest BCUT2D eigenvalue weighted by molar-refractivity contribution is 6.30.